The number of ether oxygens (including phenoxy) is 4. The largest absolute Gasteiger partial charge is 0.472 e. The van der Waals surface area contributed by atoms with E-state index in [-0.39, 0.29) is 24.2 Å². The van der Waals surface area contributed by atoms with Gasteiger partial charge in [-0.25, -0.2) is 0 Å². The molecule has 40 heavy (non-hydrogen) atoms. The van der Waals surface area contributed by atoms with Crippen molar-refractivity contribution in [1.82, 2.24) is 0 Å². The summed E-state index contributed by atoms with van der Waals surface area (Å²) < 4.78 is 29.2. The molecule has 1 aromatic heterocycles. The van der Waals surface area contributed by atoms with Crippen LogP contribution in [0.3, 0.4) is 0 Å². The molecule has 0 N–H and O–H groups in total. The molecule has 4 aliphatic rings. The van der Waals surface area contributed by atoms with E-state index in [1.165, 1.54) is 27.0 Å². The van der Waals surface area contributed by atoms with Gasteiger partial charge in [0.1, 0.15) is 17.8 Å². The first-order valence-corrected chi connectivity index (χ1v) is 13.7. The number of esters is 3. The van der Waals surface area contributed by atoms with E-state index < -0.39 is 63.8 Å². The average molecular weight is 555 g/mol. The van der Waals surface area contributed by atoms with Crippen molar-refractivity contribution >= 4 is 23.7 Å². The fourth-order valence-corrected chi connectivity index (χ4v) is 8.53. The van der Waals surface area contributed by atoms with E-state index >= 15 is 0 Å². The molecule has 1 spiro atoms. The number of rotatable bonds is 6. The number of methoxy groups -OCH3 is 1. The lowest BCUT2D eigenvalue weighted by atomic mass is 9.46. The van der Waals surface area contributed by atoms with E-state index in [1.54, 1.807) is 18.6 Å². The number of hydrogen-bond donors (Lipinski definition) is 0. The van der Waals surface area contributed by atoms with Crippen LogP contribution in [0.5, 0.6) is 0 Å². The summed E-state index contributed by atoms with van der Waals surface area (Å²) in [6.07, 6.45) is 5.12. The highest BCUT2D eigenvalue weighted by Gasteiger charge is 2.84. The first-order chi connectivity index (χ1) is 18.7. The van der Waals surface area contributed by atoms with Crippen molar-refractivity contribution in [1.29, 1.82) is 0 Å². The molecule has 0 bridgehead atoms. The molecule has 1 aromatic rings. The number of hydrogen-bond acceptors (Lipinski definition) is 9. The van der Waals surface area contributed by atoms with Gasteiger partial charge >= 0.3 is 17.9 Å². The van der Waals surface area contributed by atoms with E-state index in [1.807, 2.05) is 33.8 Å². The second kappa shape index (κ2) is 9.16. The van der Waals surface area contributed by atoms with Crippen molar-refractivity contribution in [3.8, 4) is 0 Å². The Hall–Kier alpha value is -3.20. The molecule has 0 radical (unpaired) electrons. The fourth-order valence-electron chi connectivity index (χ4n) is 8.53. The summed E-state index contributed by atoms with van der Waals surface area (Å²) in [6.45, 7) is 14.8. The van der Waals surface area contributed by atoms with Gasteiger partial charge in [0.2, 0.25) is 0 Å². The van der Waals surface area contributed by atoms with Crippen molar-refractivity contribution in [3.63, 3.8) is 0 Å². The fraction of sp³-hybridized carbons (Fsp3) is 0.613. The van der Waals surface area contributed by atoms with Crippen LogP contribution in [0, 0.1) is 28.1 Å². The van der Waals surface area contributed by atoms with Crippen molar-refractivity contribution in [3.05, 3.63) is 48.5 Å². The summed E-state index contributed by atoms with van der Waals surface area (Å²) in [6, 6.07) is 1.89. The number of ketones is 1. The zero-order chi connectivity index (χ0) is 29.4. The Morgan fingerprint density at radius 2 is 1.77 bits per heavy atom. The van der Waals surface area contributed by atoms with E-state index in [4.69, 9.17) is 23.4 Å². The maximum atomic E-state index is 13.1. The second-order valence-electron chi connectivity index (χ2n) is 12.7. The molecule has 0 amide bonds. The minimum absolute atomic E-state index is 0.0446. The van der Waals surface area contributed by atoms with Crippen molar-refractivity contribution in [2.75, 3.05) is 7.11 Å². The first kappa shape index (κ1) is 28.3. The number of epoxide rings is 1. The van der Waals surface area contributed by atoms with Gasteiger partial charge in [0.15, 0.2) is 5.78 Å². The van der Waals surface area contributed by atoms with E-state index in [0.29, 0.717) is 12.0 Å². The average Bonchev–Trinajstić information content (AvgIpc) is 3.22. The topological polar surface area (TPSA) is 122 Å². The molecule has 9 heteroatoms. The molecular weight excluding hydrogens is 516 g/mol. The van der Waals surface area contributed by atoms with E-state index in [0.717, 1.165) is 5.56 Å². The third kappa shape index (κ3) is 3.69. The molecular formula is C31H38O9. The summed E-state index contributed by atoms with van der Waals surface area (Å²) in [7, 11) is 1.31. The molecule has 1 aliphatic heterocycles. The summed E-state index contributed by atoms with van der Waals surface area (Å²) >= 11 is 0. The van der Waals surface area contributed by atoms with Gasteiger partial charge in [-0.3, -0.25) is 19.2 Å². The third-order valence-electron chi connectivity index (χ3n) is 10.4. The number of carbonyl (C=O) groups is 4. The van der Waals surface area contributed by atoms with Crippen LogP contribution in [0.4, 0.5) is 0 Å². The van der Waals surface area contributed by atoms with Crippen molar-refractivity contribution in [2.45, 2.75) is 84.2 Å². The van der Waals surface area contributed by atoms with E-state index in [9.17, 15) is 19.2 Å². The predicted octanol–water partition coefficient (Wildman–Crippen LogP) is 4.31. The SMILES string of the molecule is C=C1[C@@H]([C@@]2(C)C=CC(=O)C(C)(C)[C@@H]2CC(=O)OC)[C@H](OC(C)=O)[C@H](OC(C)=O)[C@@]2(C)[C@H](c3ccoc3)C[C@H]3O[C@]132. The Morgan fingerprint density at radius 1 is 1.10 bits per heavy atom. The van der Waals surface area contributed by atoms with Gasteiger partial charge in [-0.1, -0.05) is 40.3 Å². The zero-order valence-corrected chi connectivity index (χ0v) is 24.1. The highest BCUT2D eigenvalue weighted by molar-refractivity contribution is 5.96. The van der Waals surface area contributed by atoms with Gasteiger partial charge < -0.3 is 23.4 Å². The standard InChI is InChI=1S/C31H38O9/c1-16-25(29(6)11-9-22(34)28(4,5)21(29)14-24(35)36-8)26(38-17(2)32)27(39-18(3)33)30(7)20(19-10-12-37-15-19)13-23-31(16,30)40-23/h9-12,15,20-21,23,25-27H,1,13-14H2,2-8H3/t20-,21-,23+,25+,26-,27-,29-,30+,31+/m0/s1. The third-order valence-corrected chi connectivity index (χ3v) is 10.4. The highest BCUT2D eigenvalue weighted by atomic mass is 16.6. The summed E-state index contributed by atoms with van der Waals surface area (Å²) in [5.74, 6) is -2.99. The molecule has 9 atom stereocenters. The molecule has 216 valence electrons. The Morgan fingerprint density at radius 3 is 2.35 bits per heavy atom. The maximum absolute atomic E-state index is 13.1. The van der Waals surface area contributed by atoms with Crippen LogP contribution in [0.1, 0.15) is 65.9 Å². The van der Waals surface area contributed by atoms with Crippen LogP contribution < -0.4 is 0 Å². The Labute approximate surface area is 234 Å². The highest BCUT2D eigenvalue weighted by Crippen LogP contribution is 2.76. The van der Waals surface area contributed by atoms with Gasteiger partial charge in [-0.2, -0.15) is 0 Å². The minimum atomic E-state index is -0.972. The zero-order valence-electron chi connectivity index (χ0n) is 24.1. The van der Waals surface area contributed by atoms with Gasteiger partial charge in [0.05, 0.1) is 37.6 Å². The van der Waals surface area contributed by atoms with Crippen molar-refractivity contribution < 1.29 is 42.5 Å². The Bertz CT molecular complexity index is 1290. The van der Waals surface area contributed by atoms with Crippen LogP contribution >= 0.6 is 0 Å². The molecule has 1 saturated heterocycles. The molecule has 2 heterocycles. The van der Waals surface area contributed by atoms with Gasteiger partial charge in [0.25, 0.3) is 0 Å². The lowest BCUT2D eigenvalue weighted by Gasteiger charge is -2.59. The van der Waals surface area contributed by atoms with Crippen LogP contribution in [0.15, 0.2) is 47.3 Å². The first-order valence-electron chi connectivity index (χ1n) is 13.7. The Kier molecular flexibility index (Phi) is 6.49. The predicted molar refractivity (Wildman–Crippen MR) is 142 cm³/mol. The second-order valence-corrected chi connectivity index (χ2v) is 12.7. The number of allylic oxidation sites excluding steroid dienone is 2. The number of carbonyl (C=O) groups excluding carboxylic acids is 4. The quantitative estimate of drug-likeness (QED) is 0.219. The monoisotopic (exact) mass is 554 g/mol. The van der Waals surface area contributed by atoms with Gasteiger partial charge in [-0.15, -0.1) is 0 Å². The van der Waals surface area contributed by atoms with Crippen molar-refractivity contribution in [2.24, 2.45) is 28.1 Å². The molecule has 0 unspecified atom stereocenters. The normalized spacial score (nSPS) is 41.1. The molecule has 5 rings (SSSR count). The molecule has 2 saturated carbocycles. The molecule has 3 aliphatic carbocycles. The summed E-state index contributed by atoms with van der Waals surface area (Å²) in [5, 5.41) is 0. The molecule has 9 nitrogen and oxygen atoms in total. The van der Waals surface area contributed by atoms with Gasteiger partial charge in [-0.05, 0) is 35.6 Å². The lowest BCUT2D eigenvalue weighted by Crippen LogP contribution is -2.66. The maximum Gasteiger partial charge on any atom is 0.305 e. The van der Waals surface area contributed by atoms with Crippen LogP contribution in [-0.2, 0) is 38.1 Å². The van der Waals surface area contributed by atoms with E-state index in [2.05, 4.69) is 6.58 Å². The minimum Gasteiger partial charge on any atom is -0.472 e. The van der Waals surface area contributed by atoms with Crippen LogP contribution in [0.2, 0.25) is 0 Å². The van der Waals surface area contributed by atoms with Crippen LogP contribution in [-0.4, -0.2) is 54.7 Å². The van der Waals surface area contributed by atoms with Crippen LogP contribution in [0.25, 0.3) is 0 Å². The summed E-state index contributed by atoms with van der Waals surface area (Å²) in [4.78, 5) is 51.2. The Balaban J connectivity index is 1.73. The smallest absolute Gasteiger partial charge is 0.305 e. The number of furan rings is 1. The van der Waals surface area contributed by atoms with Gasteiger partial charge in [0, 0.05) is 36.5 Å². The molecule has 0 aromatic carbocycles. The molecule has 3 fully saturated rings. The summed E-state index contributed by atoms with van der Waals surface area (Å²) in [5.41, 5.74) is -1.98. The lowest BCUT2D eigenvalue weighted by molar-refractivity contribution is -0.206.